The zero-order valence-electron chi connectivity index (χ0n) is 9.45. The van der Waals surface area contributed by atoms with E-state index < -0.39 is 0 Å². The van der Waals surface area contributed by atoms with Crippen molar-refractivity contribution in [2.24, 2.45) is 0 Å². The molecule has 0 aliphatic rings. The number of hydrogen-bond acceptors (Lipinski definition) is 3. The van der Waals surface area contributed by atoms with Gasteiger partial charge in [0.05, 0.1) is 21.3 Å². The van der Waals surface area contributed by atoms with Gasteiger partial charge >= 0.3 is 0 Å². The summed E-state index contributed by atoms with van der Waals surface area (Å²) in [6, 6.07) is 10.1. The molecule has 0 saturated carbocycles. The molecule has 0 amide bonds. The highest BCUT2D eigenvalue weighted by molar-refractivity contribution is 9.10. The van der Waals surface area contributed by atoms with E-state index >= 15 is 0 Å². The Kier molecular flexibility index (Phi) is 4.20. The lowest BCUT2D eigenvalue weighted by molar-refractivity contribution is 0.485. The fourth-order valence-corrected chi connectivity index (χ4v) is 2.26. The van der Waals surface area contributed by atoms with Gasteiger partial charge in [0, 0.05) is 10.5 Å². The molecule has 6 heteroatoms. The highest BCUT2D eigenvalue weighted by atomic mass is 79.9. The van der Waals surface area contributed by atoms with E-state index in [1.54, 1.807) is 30.3 Å². The quantitative estimate of drug-likeness (QED) is 0.607. The molecule has 0 heterocycles. The number of nitriles is 1. The van der Waals surface area contributed by atoms with E-state index in [-0.39, 0.29) is 5.69 Å². The first-order chi connectivity index (χ1) is 9.02. The summed E-state index contributed by atoms with van der Waals surface area (Å²) >= 11 is 15.3. The Labute approximate surface area is 128 Å². The van der Waals surface area contributed by atoms with Gasteiger partial charge in [-0.25, -0.2) is 0 Å². The van der Waals surface area contributed by atoms with Crippen LogP contribution >= 0.6 is 39.1 Å². The number of nitrogens with two attached hydrogens (primary N) is 1. The Morgan fingerprint density at radius 2 is 1.89 bits per heavy atom. The summed E-state index contributed by atoms with van der Waals surface area (Å²) < 4.78 is 6.28. The fourth-order valence-electron chi connectivity index (χ4n) is 1.43. The largest absolute Gasteiger partial charge is 0.454 e. The number of hydrogen-bond donors (Lipinski definition) is 1. The zero-order valence-corrected chi connectivity index (χ0v) is 12.6. The molecule has 3 nitrogen and oxygen atoms in total. The Morgan fingerprint density at radius 3 is 2.58 bits per heavy atom. The smallest absolute Gasteiger partial charge is 0.151 e. The summed E-state index contributed by atoms with van der Waals surface area (Å²) in [6.07, 6.45) is 0. The van der Waals surface area contributed by atoms with Crippen molar-refractivity contribution in [2.45, 2.75) is 0 Å². The topological polar surface area (TPSA) is 59.0 Å². The average molecular weight is 358 g/mol. The molecule has 0 spiro atoms. The van der Waals surface area contributed by atoms with E-state index in [0.717, 1.165) is 0 Å². The molecule has 0 aliphatic heterocycles. The highest BCUT2D eigenvalue weighted by Gasteiger charge is 2.11. The molecule has 0 bridgehead atoms. The van der Waals surface area contributed by atoms with Crippen LogP contribution in [0.4, 0.5) is 5.69 Å². The van der Waals surface area contributed by atoms with Crippen LogP contribution in [0.2, 0.25) is 10.0 Å². The number of nitrogens with zero attached hydrogens (tertiary/aromatic N) is 1. The van der Waals surface area contributed by atoms with Crippen LogP contribution in [0, 0.1) is 11.3 Å². The lowest BCUT2D eigenvalue weighted by Gasteiger charge is -2.11. The second kappa shape index (κ2) is 5.70. The first-order valence-corrected chi connectivity index (χ1v) is 6.69. The van der Waals surface area contributed by atoms with E-state index in [4.69, 9.17) is 38.9 Å². The lowest BCUT2D eigenvalue weighted by atomic mass is 10.2. The summed E-state index contributed by atoms with van der Waals surface area (Å²) in [5.74, 6) is 0.732. The fraction of sp³-hybridized carbons (Fsp3) is 0. The van der Waals surface area contributed by atoms with Gasteiger partial charge in [-0.15, -0.1) is 0 Å². The molecule has 0 aromatic heterocycles. The molecule has 2 aromatic carbocycles. The third kappa shape index (κ3) is 2.95. The molecule has 0 atom stereocenters. The molecule has 19 heavy (non-hydrogen) atoms. The predicted molar refractivity (Wildman–Crippen MR) is 79.8 cm³/mol. The molecule has 0 saturated heterocycles. The van der Waals surface area contributed by atoms with E-state index in [9.17, 15) is 0 Å². The van der Waals surface area contributed by atoms with Gasteiger partial charge in [0.2, 0.25) is 0 Å². The summed E-state index contributed by atoms with van der Waals surface area (Å²) in [5, 5.41) is 9.76. The van der Waals surface area contributed by atoms with Crippen LogP contribution in [-0.4, -0.2) is 0 Å². The normalized spacial score (nSPS) is 10.0. The van der Waals surface area contributed by atoms with Crippen molar-refractivity contribution in [2.75, 3.05) is 5.73 Å². The van der Waals surface area contributed by atoms with Crippen LogP contribution in [0.25, 0.3) is 0 Å². The van der Waals surface area contributed by atoms with Gasteiger partial charge < -0.3 is 10.5 Å². The number of rotatable bonds is 2. The SMILES string of the molecule is N#Cc1cccc(Oc2cc(Cl)c(Br)cc2Cl)c1N. The van der Waals surface area contributed by atoms with Crippen LogP contribution in [0.5, 0.6) is 11.5 Å². The number of para-hydroxylation sites is 1. The highest BCUT2D eigenvalue weighted by Crippen LogP contribution is 2.38. The summed E-state index contributed by atoms with van der Waals surface area (Å²) in [6.45, 7) is 0. The van der Waals surface area contributed by atoms with Crippen molar-refractivity contribution in [1.82, 2.24) is 0 Å². The van der Waals surface area contributed by atoms with E-state index in [0.29, 0.717) is 31.6 Å². The Balaban J connectivity index is 2.43. The van der Waals surface area contributed by atoms with E-state index in [1.165, 1.54) is 0 Å². The molecule has 2 aromatic rings. The zero-order chi connectivity index (χ0) is 14.0. The van der Waals surface area contributed by atoms with Crippen LogP contribution in [0.3, 0.4) is 0 Å². The number of nitrogen functional groups attached to an aromatic ring is 1. The predicted octanol–water partition coefficient (Wildman–Crippen LogP) is 5.00. The van der Waals surface area contributed by atoms with Crippen LogP contribution in [0.1, 0.15) is 5.56 Å². The van der Waals surface area contributed by atoms with Crippen molar-refractivity contribution < 1.29 is 4.74 Å². The minimum Gasteiger partial charge on any atom is -0.454 e. The van der Waals surface area contributed by atoms with Crippen molar-refractivity contribution in [1.29, 1.82) is 5.26 Å². The number of anilines is 1. The first-order valence-electron chi connectivity index (χ1n) is 5.14. The van der Waals surface area contributed by atoms with Crippen molar-refractivity contribution in [3.05, 3.63) is 50.4 Å². The molecule has 0 fully saturated rings. The van der Waals surface area contributed by atoms with Crippen LogP contribution in [0.15, 0.2) is 34.8 Å². The molecule has 0 unspecified atom stereocenters. The summed E-state index contributed by atoms with van der Waals surface area (Å²) in [4.78, 5) is 0. The number of ether oxygens (including phenoxy) is 1. The van der Waals surface area contributed by atoms with Gasteiger partial charge in [0.25, 0.3) is 0 Å². The van der Waals surface area contributed by atoms with Crippen LogP contribution in [-0.2, 0) is 0 Å². The minimum atomic E-state index is 0.264. The standard InChI is InChI=1S/C13H7BrCl2N2O/c14-8-4-10(16)12(5-9(8)15)19-11-3-1-2-7(6-17)13(11)18/h1-5H,18H2. The molecule has 0 aliphatic carbocycles. The second-order valence-corrected chi connectivity index (χ2v) is 5.30. The number of halogens is 3. The maximum Gasteiger partial charge on any atom is 0.151 e. The number of benzene rings is 2. The molecule has 96 valence electrons. The van der Waals surface area contributed by atoms with Gasteiger partial charge in [-0.05, 0) is 34.1 Å². The van der Waals surface area contributed by atoms with Gasteiger partial charge in [-0.3, -0.25) is 0 Å². The first kappa shape index (κ1) is 14.0. The van der Waals surface area contributed by atoms with E-state index in [1.807, 2.05) is 6.07 Å². The maximum absolute atomic E-state index is 8.91. The van der Waals surface area contributed by atoms with Crippen molar-refractivity contribution >= 4 is 44.8 Å². The third-order valence-corrected chi connectivity index (χ3v) is 3.87. The van der Waals surface area contributed by atoms with Gasteiger partial charge in [0.1, 0.15) is 11.8 Å². The van der Waals surface area contributed by atoms with Gasteiger partial charge in [0.15, 0.2) is 5.75 Å². The molecular formula is C13H7BrCl2N2O. The van der Waals surface area contributed by atoms with Crippen molar-refractivity contribution in [3.63, 3.8) is 0 Å². The second-order valence-electron chi connectivity index (χ2n) is 3.63. The van der Waals surface area contributed by atoms with Gasteiger partial charge in [-0.2, -0.15) is 5.26 Å². The Morgan fingerprint density at radius 1 is 1.16 bits per heavy atom. The maximum atomic E-state index is 8.91. The Bertz CT molecular complexity index is 683. The summed E-state index contributed by atoms with van der Waals surface area (Å²) in [7, 11) is 0. The molecule has 2 N–H and O–H groups in total. The van der Waals surface area contributed by atoms with Crippen molar-refractivity contribution in [3.8, 4) is 17.6 Å². The molecule has 0 radical (unpaired) electrons. The summed E-state index contributed by atoms with van der Waals surface area (Å²) in [5.41, 5.74) is 6.44. The lowest BCUT2D eigenvalue weighted by Crippen LogP contribution is -1.95. The molecule has 2 rings (SSSR count). The monoisotopic (exact) mass is 356 g/mol. The van der Waals surface area contributed by atoms with Gasteiger partial charge in [-0.1, -0.05) is 29.3 Å². The van der Waals surface area contributed by atoms with Crippen LogP contribution < -0.4 is 10.5 Å². The average Bonchev–Trinajstić information content (AvgIpc) is 2.38. The molecular weight excluding hydrogens is 351 g/mol. The Hall–Kier alpha value is -1.41. The van der Waals surface area contributed by atoms with E-state index in [2.05, 4.69) is 15.9 Å². The minimum absolute atomic E-state index is 0.264. The third-order valence-electron chi connectivity index (χ3n) is 2.38.